The molecule has 0 fully saturated rings. The van der Waals surface area contributed by atoms with E-state index in [1.165, 1.54) is 0 Å². The zero-order valence-corrected chi connectivity index (χ0v) is 13.3. The third-order valence-electron chi connectivity index (χ3n) is 2.99. The Hall–Kier alpha value is -1.75. The van der Waals surface area contributed by atoms with Gasteiger partial charge in [-0.3, -0.25) is 0 Å². The molecule has 1 heterocycles. The van der Waals surface area contributed by atoms with E-state index < -0.39 is 0 Å². The number of aryl methyl sites for hydroxylation is 1. The van der Waals surface area contributed by atoms with Crippen molar-refractivity contribution >= 4 is 21.7 Å². The Kier molecular flexibility index (Phi) is 4.84. The molecule has 0 saturated heterocycles. The number of hydrogen-bond acceptors (Lipinski definition) is 4. The van der Waals surface area contributed by atoms with Crippen LogP contribution in [0, 0.1) is 6.92 Å². The molecule has 5 heteroatoms. The lowest BCUT2D eigenvalue weighted by Crippen LogP contribution is -2.04. The molecule has 20 heavy (non-hydrogen) atoms. The number of rotatable bonds is 5. The maximum atomic E-state index is 5.38. The lowest BCUT2D eigenvalue weighted by molar-refractivity contribution is 0.391. The SMILES string of the molecule is COc1ccc(CNc2ncc(Br)cc2C)c(OC)c1. The lowest BCUT2D eigenvalue weighted by atomic mass is 10.2. The molecular formula is C15H17BrN2O2. The second-order valence-corrected chi connectivity index (χ2v) is 5.27. The van der Waals surface area contributed by atoms with Crippen molar-refractivity contribution < 1.29 is 9.47 Å². The zero-order chi connectivity index (χ0) is 14.5. The standard InChI is InChI=1S/C15H17BrN2O2/c1-10-6-12(16)9-18-15(10)17-8-11-4-5-13(19-2)7-14(11)20-3/h4-7,9H,8H2,1-3H3,(H,17,18). The Balaban J connectivity index is 2.14. The highest BCUT2D eigenvalue weighted by Crippen LogP contribution is 2.25. The molecule has 1 aromatic carbocycles. The van der Waals surface area contributed by atoms with E-state index in [0.29, 0.717) is 6.54 Å². The Morgan fingerprint density at radius 1 is 1.20 bits per heavy atom. The highest BCUT2D eigenvalue weighted by molar-refractivity contribution is 9.10. The summed E-state index contributed by atoms with van der Waals surface area (Å²) in [4.78, 5) is 4.36. The van der Waals surface area contributed by atoms with Gasteiger partial charge < -0.3 is 14.8 Å². The van der Waals surface area contributed by atoms with Gasteiger partial charge in [-0.15, -0.1) is 0 Å². The van der Waals surface area contributed by atoms with Gasteiger partial charge in [-0.2, -0.15) is 0 Å². The second-order valence-electron chi connectivity index (χ2n) is 4.35. The fourth-order valence-electron chi connectivity index (χ4n) is 1.90. The zero-order valence-electron chi connectivity index (χ0n) is 11.7. The summed E-state index contributed by atoms with van der Waals surface area (Å²) >= 11 is 3.41. The minimum absolute atomic E-state index is 0.642. The molecule has 1 aromatic heterocycles. The van der Waals surface area contributed by atoms with Crippen molar-refractivity contribution in [1.29, 1.82) is 0 Å². The van der Waals surface area contributed by atoms with Crippen LogP contribution < -0.4 is 14.8 Å². The predicted octanol–water partition coefficient (Wildman–Crippen LogP) is 3.78. The third-order valence-corrected chi connectivity index (χ3v) is 3.42. The number of nitrogens with zero attached hydrogens (tertiary/aromatic N) is 1. The fourth-order valence-corrected chi connectivity index (χ4v) is 2.35. The van der Waals surface area contributed by atoms with Crippen molar-refractivity contribution in [1.82, 2.24) is 4.98 Å². The fraction of sp³-hybridized carbons (Fsp3) is 0.267. The summed E-state index contributed by atoms with van der Waals surface area (Å²) in [5, 5.41) is 3.32. The molecule has 1 N–H and O–H groups in total. The Bertz CT molecular complexity index is 602. The summed E-state index contributed by atoms with van der Waals surface area (Å²) in [6.45, 7) is 2.66. The predicted molar refractivity (Wildman–Crippen MR) is 83.5 cm³/mol. The van der Waals surface area contributed by atoms with E-state index in [2.05, 4.69) is 26.2 Å². The topological polar surface area (TPSA) is 43.4 Å². The summed E-state index contributed by atoms with van der Waals surface area (Å²) in [5.74, 6) is 2.45. The number of benzene rings is 1. The van der Waals surface area contributed by atoms with Gasteiger partial charge in [-0.05, 0) is 46.6 Å². The molecule has 0 aliphatic rings. The number of methoxy groups -OCH3 is 2. The van der Waals surface area contributed by atoms with E-state index in [9.17, 15) is 0 Å². The molecule has 0 amide bonds. The van der Waals surface area contributed by atoms with Crippen LogP contribution in [-0.2, 0) is 6.54 Å². The Labute approximate surface area is 127 Å². The summed E-state index contributed by atoms with van der Waals surface area (Å²) in [5.41, 5.74) is 2.14. The molecule has 0 aliphatic heterocycles. The first-order chi connectivity index (χ1) is 9.63. The Morgan fingerprint density at radius 2 is 2.00 bits per heavy atom. The van der Waals surface area contributed by atoms with Crippen LogP contribution in [0.25, 0.3) is 0 Å². The molecule has 0 unspecified atom stereocenters. The molecule has 0 bridgehead atoms. The maximum Gasteiger partial charge on any atom is 0.129 e. The van der Waals surface area contributed by atoms with Crippen LogP contribution in [0.2, 0.25) is 0 Å². The normalized spacial score (nSPS) is 10.2. The largest absolute Gasteiger partial charge is 0.497 e. The molecule has 4 nitrogen and oxygen atoms in total. The molecule has 0 radical (unpaired) electrons. The average Bonchev–Trinajstić information content (AvgIpc) is 2.46. The van der Waals surface area contributed by atoms with Crippen molar-refractivity contribution in [3.8, 4) is 11.5 Å². The summed E-state index contributed by atoms with van der Waals surface area (Å²) in [6, 6.07) is 7.81. The van der Waals surface area contributed by atoms with Crippen LogP contribution in [0.1, 0.15) is 11.1 Å². The smallest absolute Gasteiger partial charge is 0.129 e. The molecule has 0 aliphatic carbocycles. The first-order valence-electron chi connectivity index (χ1n) is 6.21. The van der Waals surface area contributed by atoms with Gasteiger partial charge in [0, 0.05) is 28.8 Å². The van der Waals surface area contributed by atoms with Gasteiger partial charge in [0.1, 0.15) is 17.3 Å². The number of anilines is 1. The van der Waals surface area contributed by atoms with Crippen molar-refractivity contribution in [2.75, 3.05) is 19.5 Å². The number of halogens is 1. The van der Waals surface area contributed by atoms with Crippen LogP contribution in [0.15, 0.2) is 34.9 Å². The monoisotopic (exact) mass is 336 g/mol. The van der Waals surface area contributed by atoms with Gasteiger partial charge in [0.2, 0.25) is 0 Å². The second kappa shape index (κ2) is 6.61. The summed E-state index contributed by atoms with van der Waals surface area (Å²) < 4.78 is 11.5. The van der Waals surface area contributed by atoms with Crippen LogP contribution in [0.3, 0.4) is 0 Å². The summed E-state index contributed by atoms with van der Waals surface area (Å²) in [7, 11) is 3.29. The van der Waals surface area contributed by atoms with E-state index in [1.54, 1.807) is 20.4 Å². The maximum absolute atomic E-state index is 5.38. The number of pyridine rings is 1. The van der Waals surface area contributed by atoms with E-state index >= 15 is 0 Å². The number of hydrogen-bond donors (Lipinski definition) is 1. The Morgan fingerprint density at radius 3 is 2.65 bits per heavy atom. The van der Waals surface area contributed by atoms with Gasteiger partial charge in [-0.25, -0.2) is 4.98 Å². The van der Waals surface area contributed by atoms with Crippen molar-refractivity contribution in [3.05, 3.63) is 46.1 Å². The highest BCUT2D eigenvalue weighted by Gasteiger charge is 2.06. The molecular weight excluding hydrogens is 320 g/mol. The van der Waals surface area contributed by atoms with E-state index in [-0.39, 0.29) is 0 Å². The average molecular weight is 337 g/mol. The van der Waals surface area contributed by atoms with E-state index in [4.69, 9.17) is 9.47 Å². The first kappa shape index (κ1) is 14.7. The number of nitrogens with one attached hydrogen (secondary N) is 1. The highest BCUT2D eigenvalue weighted by atomic mass is 79.9. The first-order valence-corrected chi connectivity index (χ1v) is 7.00. The molecule has 0 atom stereocenters. The quantitative estimate of drug-likeness (QED) is 0.902. The van der Waals surface area contributed by atoms with Gasteiger partial charge in [0.15, 0.2) is 0 Å². The van der Waals surface area contributed by atoms with Crippen LogP contribution >= 0.6 is 15.9 Å². The van der Waals surface area contributed by atoms with Gasteiger partial charge >= 0.3 is 0 Å². The molecule has 0 saturated carbocycles. The van der Waals surface area contributed by atoms with Crippen LogP contribution in [0.4, 0.5) is 5.82 Å². The van der Waals surface area contributed by atoms with Crippen molar-refractivity contribution in [3.63, 3.8) is 0 Å². The molecule has 2 rings (SSSR count). The van der Waals surface area contributed by atoms with Gasteiger partial charge in [0.25, 0.3) is 0 Å². The molecule has 0 spiro atoms. The number of aromatic nitrogens is 1. The van der Waals surface area contributed by atoms with E-state index in [0.717, 1.165) is 32.9 Å². The number of ether oxygens (including phenoxy) is 2. The van der Waals surface area contributed by atoms with E-state index in [1.807, 2.05) is 31.2 Å². The van der Waals surface area contributed by atoms with Gasteiger partial charge in [0.05, 0.1) is 14.2 Å². The van der Waals surface area contributed by atoms with Gasteiger partial charge in [-0.1, -0.05) is 0 Å². The molecule has 106 valence electrons. The van der Waals surface area contributed by atoms with Crippen LogP contribution in [0.5, 0.6) is 11.5 Å². The lowest BCUT2D eigenvalue weighted by Gasteiger charge is -2.12. The minimum Gasteiger partial charge on any atom is -0.497 e. The molecule has 2 aromatic rings. The summed E-state index contributed by atoms with van der Waals surface area (Å²) in [6.07, 6.45) is 1.78. The third kappa shape index (κ3) is 3.42. The van der Waals surface area contributed by atoms with Crippen molar-refractivity contribution in [2.24, 2.45) is 0 Å². The van der Waals surface area contributed by atoms with Crippen molar-refractivity contribution in [2.45, 2.75) is 13.5 Å². The van der Waals surface area contributed by atoms with Crippen LogP contribution in [-0.4, -0.2) is 19.2 Å². The minimum atomic E-state index is 0.642.